The quantitative estimate of drug-likeness (QED) is 0.373. The van der Waals surface area contributed by atoms with Crippen molar-refractivity contribution < 1.29 is 9.47 Å². The first-order valence-corrected chi connectivity index (χ1v) is 12.3. The molecule has 1 saturated heterocycles. The van der Waals surface area contributed by atoms with Gasteiger partial charge in [-0.15, -0.1) is 0 Å². The number of unbranched alkanes of at least 4 members (excludes halogenated alkanes) is 1. The summed E-state index contributed by atoms with van der Waals surface area (Å²) in [6, 6.07) is 26.4. The first kappa shape index (κ1) is 23.7. The van der Waals surface area contributed by atoms with Crippen molar-refractivity contribution in [1.29, 1.82) is 0 Å². The van der Waals surface area contributed by atoms with E-state index in [0.29, 0.717) is 12.5 Å². The van der Waals surface area contributed by atoms with Crippen LogP contribution in [-0.2, 0) is 22.5 Å². The Bertz CT molecular complexity index is 1000. The highest BCUT2D eigenvalue weighted by Gasteiger charge is 2.27. The largest absolute Gasteiger partial charge is 0.385 e. The van der Waals surface area contributed by atoms with Crippen molar-refractivity contribution in [2.45, 2.75) is 51.2 Å². The van der Waals surface area contributed by atoms with Crippen LogP contribution < -0.4 is 5.32 Å². The van der Waals surface area contributed by atoms with Gasteiger partial charge >= 0.3 is 0 Å². The molecule has 0 aliphatic carbocycles. The molecule has 3 aromatic carbocycles. The molecule has 0 saturated carbocycles. The molecule has 0 bridgehead atoms. The van der Waals surface area contributed by atoms with E-state index < -0.39 is 0 Å². The zero-order chi connectivity index (χ0) is 22.9. The molecule has 1 unspecified atom stereocenters. The number of rotatable bonds is 10. The van der Waals surface area contributed by atoms with Crippen LogP contribution in [0.3, 0.4) is 0 Å². The summed E-state index contributed by atoms with van der Waals surface area (Å²) in [4.78, 5) is 0. The third-order valence-electron chi connectivity index (χ3n) is 6.77. The summed E-state index contributed by atoms with van der Waals surface area (Å²) in [5.41, 5.74) is 7.99. The molecule has 3 heteroatoms. The molecule has 1 N–H and O–H groups in total. The normalized spacial score (nSPS) is 18.4. The van der Waals surface area contributed by atoms with Crippen LogP contribution >= 0.6 is 0 Å². The summed E-state index contributed by atoms with van der Waals surface area (Å²) in [6.45, 7) is 5.64. The number of nitrogens with one attached hydrogen (secondary N) is 1. The Labute approximate surface area is 199 Å². The monoisotopic (exact) mass is 443 g/mol. The first-order valence-electron chi connectivity index (χ1n) is 12.3. The van der Waals surface area contributed by atoms with Crippen molar-refractivity contribution in [2.75, 3.05) is 26.8 Å². The summed E-state index contributed by atoms with van der Waals surface area (Å²) < 4.78 is 11.7. The molecular formula is C30H37NO2. The van der Waals surface area contributed by atoms with E-state index in [1.54, 1.807) is 7.11 Å². The number of piperidine rings is 1. The molecule has 1 heterocycles. The summed E-state index contributed by atoms with van der Waals surface area (Å²) >= 11 is 0. The fourth-order valence-corrected chi connectivity index (χ4v) is 4.81. The van der Waals surface area contributed by atoms with Gasteiger partial charge in [-0.05, 0) is 72.5 Å². The van der Waals surface area contributed by atoms with Crippen LogP contribution in [0.1, 0.15) is 47.4 Å². The van der Waals surface area contributed by atoms with Gasteiger partial charge in [-0.3, -0.25) is 0 Å². The van der Waals surface area contributed by atoms with Crippen molar-refractivity contribution in [2.24, 2.45) is 0 Å². The van der Waals surface area contributed by atoms with Crippen LogP contribution in [0.4, 0.5) is 0 Å². The molecule has 2 atom stereocenters. The molecule has 174 valence electrons. The van der Waals surface area contributed by atoms with Gasteiger partial charge in [-0.25, -0.2) is 0 Å². The Morgan fingerprint density at radius 2 is 1.76 bits per heavy atom. The summed E-state index contributed by atoms with van der Waals surface area (Å²) in [6.07, 6.45) is 4.64. The van der Waals surface area contributed by atoms with Gasteiger partial charge in [0.1, 0.15) is 0 Å². The van der Waals surface area contributed by atoms with Gasteiger partial charge in [0.15, 0.2) is 0 Å². The Kier molecular flexibility index (Phi) is 8.71. The van der Waals surface area contributed by atoms with E-state index in [9.17, 15) is 0 Å². The lowest BCUT2D eigenvalue weighted by Crippen LogP contribution is -2.41. The van der Waals surface area contributed by atoms with Gasteiger partial charge in [0, 0.05) is 26.2 Å². The van der Waals surface area contributed by atoms with Gasteiger partial charge in [-0.2, -0.15) is 0 Å². The number of aryl methyl sites for hydroxylation is 2. The maximum absolute atomic E-state index is 6.54. The fraction of sp³-hybridized carbons (Fsp3) is 0.400. The van der Waals surface area contributed by atoms with Gasteiger partial charge in [0.25, 0.3) is 0 Å². The zero-order valence-corrected chi connectivity index (χ0v) is 20.1. The molecule has 0 radical (unpaired) electrons. The van der Waals surface area contributed by atoms with Gasteiger partial charge in [0.2, 0.25) is 0 Å². The second-order valence-corrected chi connectivity index (χ2v) is 9.15. The second kappa shape index (κ2) is 12.1. The third-order valence-corrected chi connectivity index (χ3v) is 6.77. The minimum Gasteiger partial charge on any atom is -0.385 e. The predicted molar refractivity (Wildman–Crippen MR) is 137 cm³/mol. The van der Waals surface area contributed by atoms with Crippen molar-refractivity contribution in [1.82, 2.24) is 5.32 Å². The highest BCUT2D eigenvalue weighted by atomic mass is 16.5. The van der Waals surface area contributed by atoms with E-state index in [0.717, 1.165) is 45.4 Å². The van der Waals surface area contributed by atoms with Crippen LogP contribution in [0.15, 0.2) is 72.8 Å². The van der Waals surface area contributed by atoms with Gasteiger partial charge in [-0.1, -0.05) is 72.8 Å². The highest BCUT2D eigenvalue weighted by Crippen LogP contribution is 2.31. The molecule has 0 amide bonds. The molecule has 1 aliphatic heterocycles. The maximum Gasteiger partial charge on any atom is 0.0772 e. The molecule has 33 heavy (non-hydrogen) atoms. The Balaban J connectivity index is 1.43. The Hall–Kier alpha value is -2.46. The predicted octanol–water partition coefficient (Wildman–Crippen LogP) is 6.29. The molecule has 3 aromatic rings. The zero-order valence-electron chi connectivity index (χ0n) is 20.1. The van der Waals surface area contributed by atoms with Gasteiger partial charge in [0.05, 0.1) is 12.7 Å². The number of hydrogen-bond donors (Lipinski definition) is 1. The topological polar surface area (TPSA) is 30.5 Å². The first-order chi connectivity index (χ1) is 16.2. The molecule has 1 fully saturated rings. The SMILES string of the molecule is COCCCCc1cc(COC2CNCC[C@@H]2c2cccc(-c3ccccc3)c2)ccc1C. The molecule has 0 aromatic heterocycles. The van der Waals surface area contributed by atoms with Crippen molar-refractivity contribution in [3.05, 3.63) is 95.1 Å². The van der Waals surface area contributed by atoms with E-state index in [2.05, 4.69) is 85.0 Å². The van der Waals surface area contributed by atoms with Crippen LogP contribution in [0.2, 0.25) is 0 Å². The minimum absolute atomic E-state index is 0.177. The molecule has 3 nitrogen and oxygen atoms in total. The lowest BCUT2D eigenvalue weighted by Gasteiger charge is -2.33. The second-order valence-electron chi connectivity index (χ2n) is 9.15. The smallest absolute Gasteiger partial charge is 0.0772 e. The molecule has 4 rings (SSSR count). The lowest BCUT2D eigenvalue weighted by atomic mass is 9.86. The van der Waals surface area contributed by atoms with Crippen LogP contribution in [-0.4, -0.2) is 32.9 Å². The summed E-state index contributed by atoms with van der Waals surface area (Å²) in [5.74, 6) is 0.411. The Morgan fingerprint density at radius 3 is 2.61 bits per heavy atom. The summed E-state index contributed by atoms with van der Waals surface area (Å²) in [5, 5.41) is 3.54. The number of hydrogen-bond acceptors (Lipinski definition) is 3. The Morgan fingerprint density at radius 1 is 0.909 bits per heavy atom. The van der Waals surface area contributed by atoms with Crippen LogP contribution in [0.25, 0.3) is 11.1 Å². The van der Waals surface area contributed by atoms with Crippen LogP contribution in [0.5, 0.6) is 0 Å². The van der Waals surface area contributed by atoms with Gasteiger partial charge < -0.3 is 14.8 Å². The fourth-order valence-electron chi connectivity index (χ4n) is 4.81. The third kappa shape index (κ3) is 6.54. The van der Waals surface area contributed by atoms with Crippen LogP contribution in [0, 0.1) is 6.92 Å². The molecule has 0 spiro atoms. The minimum atomic E-state index is 0.177. The lowest BCUT2D eigenvalue weighted by molar-refractivity contribution is 0.0106. The molecular weight excluding hydrogens is 406 g/mol. The number of ether oxygens (including phenoxy) is 2. The maximum atomic E-state index is 6.54. The number of benzene rings is 3. The van der Waals surface area contributed by atoms with E-state index in [-0.39, 0.29) is 6.10 Å². The average molecular weight is 444 g/mol. The van der Waals surface area contributed by atoms with Crippen molar-refractivity contribution >= 4 is 0 Å². The number of methoxy groups -OCH3 is 1. The van der Waals surface area contributed by atoms with E-state index in [4.69, 9.17) is 9.47 Å². The average Bonchev–Trinajstić information content (AvgIpc) is 2.87. The van der Waals surface area contributed by atoms with Crippen molar-refractivity contribution in [3.8, 4) is 11.1 Å². The standard InChI is InChI=1S/C30H37NO2/c1-23-14-15-24(19-26(23)11-6-7-18-32-2)22-33-30-21-31-17-16-29(30)28-13-8-12-27(20-28)25-9-4-3-5-10-25/h3-5,8-10,12-15,19-20,29-31H,6-7,11,16-18,21-22H2,1-2H3/t29-,30?/m1/s1. The highest BCUT2D eigenvalue weighted by molar-refractivity contribution is 5.64. The van der Waals surface area contributed by atoms with Crippen molar-refractivity contribution in [3.63, 3.8) is 0 Å². The van der Waals surface area contributed by atoms with E-state index >= 15 is 0 Å². The molecule has 1 aliphatic rings. The van der Waals surface area contributed by atoms with E-state index in [1.807, 2.05) is 0 Å². The van der Waals surface area contributed by atoms with E-state index in [1.165, 1.54) is 33.4 Å². The summed E-state index contributed by atoms with van der Waals surface area (Å²) in [7, 11) is 1.77.